The molecule has 8 heteroatoms. The van der Waals surface area contributed by atoms with E-state index in [2.05, 4.69) is 10.3 Å². The Bertz CT molecular complexity index is 698. The average molecular weight is 337 g/mol. The summed E-state index contributed by atoms with van der Waals surface area (Å²) in [6, 6.07) is -0.356. The number of nitrogens with two attached hydrogens (primary N) is 1. The molecule has 1 aliphatic rings. The first-order valence-electron chi connectivity index (χ1n) is 7.79. The first-order chi connectivity index (χ1) is 11.3. The minimum absolute atomic E-state index is 0.0956. The predicted molar refractivity (Wildman–Crippen MR) is 86.9 cm³/mol. The number of carbonyl (C=O) groups excluding carboxylic acids is 2. The number of aryl methyl sites for hydroxylation is 1. The molecule has 1 aromatic heterocycles. The zero-order valence-corrected chi connectivity index (χ0v) is 14.1. The lowest BCUT2D eigenvalue weighted by molar-refractivity contribution is -0.129. The number of rotatable bonds is 5. The summed E-state index contributed by atoms with van der Waals surface area (Å²) in [5, 5.41) is 2.82. The summed E-state index contributed by atoms with van der Waals surface area (Å²) in [4.78, 5) is 38.3. The first kappa shape index (κ1) is 18.2. The fraction of sp³-hybridized carbons (Fsp3) is 0.562. The fourth-order valence-corrected chi connectivity index (χ4v) is 2.71. The van der Waals surface area contributed by atoms with Gasteiger partial charge in [-0.05, 0) is 38.3 Å². The lowest BCUT2D eigenvalue weighted by atomic mass is 10.0. The van der Waals surface area contributed by atoms with Gasteiger partial charge in [-0.25, -0.2) is 0 Å². The summed E-state index contributed by atoms with van der Waals surface area (Å²) < 4.78 is 10.7. The van der Waals surface area contributed by atoms with Gasteiger partial charge in [0, 0.05) is 12.3 Å². The molecule has 0 aliphatic carbocycles. The molecule has 0 aromatic carbocycles. The highest BCUT2D eigenvalue weighted by molar-refractivity contribution is 5.95. The van der Waals surface area contributed by atoms with Crippen LogP contribution in [0.2, 0.25) is 0 Å². The summed E-state index contributed by atoms with van der Waals surface area (Å²) in [6.45, 7) is 5.85. The monoisotopic (exact) mass is 337 g/mol. The maximum absolute atomic E-state index is 12.6. The van der Waals surface area contributed by atoms with E-state index < -0.39 is 23.5 Å². The molecule has 8 nitrogen and oxygen atoms in total. The second kappa shape index (κ2) is 7.59. The van der Waals surface area contributed by atoms with E-state index in [-0.39, 0.29) is 24.8 Å². The van der Waals surface area contributed by atoms with Crippen molar-refractivity contribution in [1.82, 2.24) is 10.3 Å². The van der Waals surface area contributed by atoms with Crippen LogP contribution in [0.15, 0.2) is 4.79 Å². The van der Waals surface area contributed by atoms with Gasteiger partial charge in [0.2, 0.25) is 5.91 Å². The van der Waals surface area contributed by atoms with Gasteiger partial charge in [-0.15, -0.1) is 0 Å². The van der Waals surface area contributed by atoms with E-state index in [1.165, 1.54) is 0 Å². The minimum Gasteiger partial charge on any atom is -0.379 e. The Morgan fingerprint density at radius 2 is 2.04 bits per heavy atom. The van der Waals surface area contributed by atoms with Gasteiger partial charge in [-0.2, -0.15) is 0 Å². The van der Waals surface area contributed by atoms with E-state index in [9.17, 15) is 14.4 Å². The van der Waals surface area contributed by atoms with Crippen LogP contribution in [0.4, 0.5) is 0 Å². The SMILES string of the molecule is Cc1[nH]c(=O)c(C(=O)N[C@@H]2CCOC[C@H]2OCC(N)=O)c(C)c1C. The van der Waals surface area contributed by atoms with Crippen LogP contribution in [-0.4, -0.2) is 48.8 Å². The van der Waals surface area contributed by atoms with Gasteiger partial charge in [-0.3, -0.25) is 14.4 Å². The fourth-order valence-electron chi connectivity index (χ4n) is 2.71. The van der Waals surface area contributed by atoms with Crippen molar-refractivity contribution in [1.29, 1.82) is 0 Å². The standard InChI is InChI=1S/C16H23N3O5/c1-8-9(2)14(15(21)18-10(8)3)16(22)19-11-4-5-23-6-12(11)24-7-13(17)20/h11-12H,4-7H2,1-3H3,(H2,17,20)(H,18,21)(H,19,22)/t11-,12-/m1/s1. The van der Waals surface area contributed by atoms with Crippen molar-refractivity contribution < 1.29 is 19.1 Å². The maximum Gasteiger partial charge on any atom is 0.261 e. The molecular formula is C16H23N3O5. The van der Waals surface area contributed by atoms with Crippen LogP contribution < -0.4 is 16.6 Å². The summed E-state index contributed by atoms with van der Waals surface area (Å²) in [7, 11) is 0. The third-order valence-corrected chi connectivity index (χ3v) is 4.32. The molecule has 0 spiro atoms. The molecule has 0 saturated carbocycles. The summed E-state index contributed by atoms with van der Waals surface area (Å²) in [5.74, 6) is -1.05. The average Bonchev–Trinajstić information content (AvgIpc) is 2.51. The van der Waals surface area contributed by atoms with Crippen molar-refractivity contribution in [3.63, 3.8) is 0 Å². The lowest BCUT2D eigenvalue weighted by Crippen LogP contribution is -2.51. The second-order valence-electron chi connectivity index (χ2n) is 5.96. The lowest BCUT2D eigenvalue weighted by Gasteiger charge is -2.31. The van der Waals surface area contributed by atoms with Crippen LogP contribution in [-0.2, 0) is 14.3 Å². The largest absolute Gasteiger partial charge is 0.379 e. The van der Waals surface area contributed by atoms with Crippen LogP contribution in [0.5, 0.6) is 0 Å². The predicted octanol–water partition coefficient (Wildman–Crippen LogP) is -0.311. The molecule has 0 unspecified atom stereocenters. The summed E-state index contributed by atoms with van der Waals surface area (Å²) in [5.41, 5.74) is 7.01. The Labute approximate surface area is 139 Å². The molecule has 132 valence electrons. The molecule has 0 bridgehead atoms. The van der Waals surface area contributed by atoms with Gasteiger partial charge >= 0.3 is 0 Å². The van der Waals surface area contributed by atoms with Crippen molar-refractivity contribution in [2.45, 2.75) is 39.3 Å². The van der Waals surface area contributed by atoms with Crippen molar-refractivity contribution in [2.75, 3.05) is 19.8 Å². The van der Waals surface area contributed by atoms with Crippen molar-refractivity contribution in [3.8, 4) is 0 Å². The van der Waals surface area contributed by atoms with Gasteiger partial charge in [0.25, 0.3) is 11.5 Å². The number of ether oxygens (including phenoxy) is 2. The maximum atomic E-state index is 12.6. The highest BCUT2D eigenvalue weighted by Crippen LogP contribution is 2.15. The number of H-pyrrole nitrogens is 1. The third kappa shape index (κ3) is 4.01. The Morgan fingerprint density at radius 1 is 1.33 bits per heavy atom. The van der Waals surface area contributed by atoms with Crippen molar-refractivity contribution in [3.05, 3.63) is 32.7 Å². The number of carbonyl (C=O) groups is 2. The van der Waals surface area contributed by atoms with E-state index in [4.69, 9.17) is 15.2 Å². The van der Waals surface area contributed by atoms with Gasteiger partial charge in [-0.1, -0.05) is 0 Å². The molecule has 1 fully saturated rings. The Balaban J connectivity index is 2.17. The smallest absolute Gasteiger partial charge is 0.261 e. The second-order valence-corrected chi connectivity index (χ2v) is 5.96. The topological polar surface area (TPSA) is 124 Å². The van der Waals surface area contributed by atoms with Crippen LogP contribution in [0.25, 0.3) is 0 Å². The van der Waals surface area contributed by atoms with Crippen molar-refractivity contribution in [2.24, 2.45) is 5.73 Å². The van der Waals surface area contributed by atoms with Gasteiger partial charge in [0.05, 0.1) is 12.6 Å². The molecule has 2 atom stereocenters. The molecule has 1 saturated heterocycles. The van der Waals surface area contributed by atoms with E-state index in [1.807, 2.05) is 6.92 Å². The van der Waals surface area contributed by atoms with E-state index in [1.54, 1.807) is 13.8 Å². The van der Waals surface area contributed by atoms with Crippen LogP contribution in [0, 0.1) is 20.8 Å². The third-order valence-electron chi connectivity index (χ3n) is 4.32. The summed E-state index contributed by atoms with van der Waals surface area (Å²) >= 11 is 0. The minimum atomic E-state index is -0.591. The van der Waals surface area contributed by atoms with E-state index in [0.29, 0.717) is 18.6 Å². The highest BCUT2D eigenvalue weighted by atomic mass is 16.5. The molecule has 1 aliphatic heterocycles. The molecular weight excluding hydrogens is 314 g/mol. The molecule has 2 heterocycles. The number of hydrogen-bond acceptors (Lipinski definition) is 5. The van der Waals surface area contributed by atoms with Crippen LogP contribution in [0.1, 0.15) is 33.6 Å². The number of pyridine rings is 1. The molecule has 1 aromatic rings. The van der Waals surface area contributed by atoms with Gasteiger partial charge < -0.3 is 25.5 Å². The normalized spacial score (nSPS) is 20.6. The molecule has 4 N–H and O–H groups in total. The first-order valence-corrected chi connectivity index (χ1v) is 7.79. The number of aromatic amines is 1. The highest BCUT2D eigenvalue weighted by Gasteiger charge is 2.30. The van der Waals surface area contributed by atoms with E-state index in [0.717, 1.165) is 11.3 Å². The van der Waals surface area contributed by atoms with Crippen molar-refractivity contribution >= 4 is 11.8 Å². The number of hydrogen-bond donors (Lipinski definition) is 3. The molecule has 2 amide bonds. The molecule has 2 rings (SSSR count). The Morgan fingerprint density at radius 3 is 2.71 bits per heavy atom. The number of aromatic nitrogens is 1. The zero-order valence-electron chi connectivity index (χ0n) is 14.1. The number of nitrogens with one attached hydrogen (secondary N) is 2. The molecule has 0 radical (unpaired) electrons. The Hall–Kier alpha value is -2.19. The molecule has 24 heavy (non-hydrogen) atoms. The number of primary amides is 1. The van der Waals surface area contributed by atoms with Crippen LogP contribution in [0.3, 0.4) is 0 Å². The quantitative estimate of drug-likeness (QED) is 0.680. The van der Waals surface area contributed by atoms with Gasteiger partial charge in [0.1, 0.15) is 18.3 Å². The van der Waals surface area contributed by atoms with Crippen LogP contribution >= 0.6 is 0 Å². The Kier molecular flexibility index (Phi) is 5.74. The van der Waals surface area contributed by atoms with Gasteiger partial charge in [0.15, 0.2) is 0 Å². The number of amides is 2. The summed E-state index contributed by atoms with van der Waals surface area (Å²) in [6.07, 6.45) is 0.0397. The van der Waals surface area contributed by atoms with E-state index >= 15 is 0 Å². The zero-order chi connectivity index (χ0) is 17.9.